The maximum Gasteiger partial charge on any atom is 0.141 e. The van der Waals surface area contributed by atoms with E-state index in [1.54, 1.807) is 13.4 Å². The van der Waals surface area contributed by atoms with Crippen molar-refractivity contribution in [1.29, 1.82) is 0 Å². The van der Waals surface area contributed by atoms with Gasteiger partial charge in [-0.1, -0.05) is 0 Å². The summed E-state index contributed by atoms with van der Waals surface area (Å²) in [7, 11) is 1.67. The molecule has 116 valence electrons. The molecule has 1 aliphatic rings. The van der Waals surface area contributed by atoms with Crippen LogP contribution in [0.25, 0.3) is 10.9 Å². The summed E-state index contributed by atoms with van der Waals surface area (Å²) in [4.78, 5) is 10.0. The molecule has 0 aliphatic carbocycles. The third-order valence-corrected chi connectivity index (χ3v) is 5.44. The van der Waals surface area contributed by atoms with Crippen LogP contribution in [-0.2, 0) is 0 Å². The number of ether oxygens (including phenoxy) is 1. The number of aromatic nitrogens is 2. The highest BCUT2D eigenvalue weighted by Crippen LogP contribution is 2.36. The minimum Gasteiger partial charge on any atom is -0.496 e. The first-order valence-electron chi connectivity index (χ1n) is 7.00. The molecular weight excluding hydrogens is 423 g/mol. The van der Waals surface area contributed by atoms with Crippen LogP contribution in [0.4, 0.5) is 17.2 Å². The summed E-state index contributed by atoms with van der Waals surface area (Å²) in [5, 5.41) is 7.73. The van der Waals surface area contributed by atoms with Gasteiger partial charge in [0.05, 0.1) is 27.8 Å². The van der Waals surface area contributed by atoms with E-state index in [9.17, 15) is 0 Å². The Morgan fingerprint density at radius 3 is 3.04 bits per heavy atom. The summed E-state index contributed by atoms with van der Waals surface area (Å²) < 4.78 is 6.39. The summed E-state index contributed by atoms with van der Waals surface area (Å²) in [6.07, 6.45) is 1.57. The van der Waals surface area contributed by atoms with Gasteiger partial charge in [-0.3, -0.25) is 0 Å². The van der Waals surface area contributed by atoms with Gasteiger partial charge < -0.3 is 15.4 Å². The van der Waals surface area contributed by atoms with Crippen LogP contribution in [0.2, 0.25) is 0 Å². The summed E-state index contributed by atoms with van der Waals surface area (Å²) in [6, 6.07) is 10.3. The molecule has 0 spiro atoms. The molecule has 0 amide bonds. The number of hydrogen-bond donors (Lipinski definition) is 2. The van der Waals surface area contributed by atoms with Gasteiger partial charge in [-0.15, -0.1) is 11.8 Å². The number of nitrogens with one attached hydrogen (secondary N) is 2. The predicted octanol–water partition coefficient (Wildman–Crippen LogP) is 4.46. The van der Waals surface area contributed by atoms with E-state index in [1.807, 2.05) is 23.9 Å². The van der Waals surface area contributed by atoms with Crippen LogP contribution < -0.4 is 15.4 Å². The molecule has 2 heterocycles. The minimum absolute atomic E-state index is 0.793. The smallest absolute Gasteiger partial charge is 0.141 e. The topological polar surface area (TPSA) is 59.1 Å². The highest BCUT2D eigenvalue weighted by Gasteiger charge is 2.12. The Hall–Kier alpha value is -1.74. The predicted molar refractivity (Wildman–Crippen MR) is 103 cm³/mol. The second-order valence-electron chi connectivity index (χ2n) is 5.03. The first kappa shape index (κ1) is 14.8. The van der Waals surface area contributed by atoms with Gasteiger partial charge in [-0.05, 0) is 46.9 Å². The summed E-state index contributed by atoms with van der Waals surface area (Å²) in [5.41, 5.74) is 3.02. The number of halogens is 1. The van der Waals surface area contributed by atoms with Crippen LogP contribution in [0, 0.1) is 3.57 Å². The Balaban J connectivity index is 1.75. The maximum atomic E-state index is 5.36. The average Bonchev–Trinajstić information content (AvgIpc) is 3.02. The van der Waals surface area contributed by atoms with Gasteiger partial charge in [0.2, 0.25) is 0 Å². The number of benzene rings is 2. The molecule has 0 bridgehead atoms. The van der Waals surface area contributed by atoms with E-state index in [2.05, 4.69) is 61.4 Å². The molecule has 1 aliphatic heterocycles. The molecule has 4 rings (SSSR count). The van der Waals surface area contributed by atoms with Crippen molar-refractivity contribution >= 4 is 62.4 Å². The molecular formula is C16H13IN4OS. The van der Waals surface area contributed by atoms with Crippen LogP contribution in [0.3, 0.4) is 0 Å². The van der Waals surface area contributed by atoms with Crippen LogP contribution in [-0.4, -0.2) is 23.0 Å². The first-order valence-corrected chi connectivity index (χ1v) is 9.07. The van der Waals surface area contributed by atoms with E-state index < -0.39 is 0 Å². The Labute approximate surface area is 151 Å². The minimum atomic E-state index is 0.793. The zero-order valence-corrected chi connectivity index (χ0v) is 15.2. The van der Waals surface area contributed by atoms with Gasteiger partial charge in [0.15, 0.2) is 0 Å². The Bertz CT molecular complexity index is 903. The van der Waals surface area contributed by atoms with Crippen LogP contribution >= 0.6 is 34.4 Å². The quantitative estimate of drug-likeness (QED) is 0.592. The van der Waals surface area contributed by atoms with Gasteiger partial charge in [-0.2, -0.15) is 0 Å². The first-order chi connectivity index (χ1) is 11.2. The van der Waals surface area contributed by atoms with Crippen molar-refractivity contribution in [2.45, 2.75) is 4.90 Å². The molecule has 0 fully saturated rings. The SMILES string of the molecule is COc1cc2ncnc(Nc3ccc4c(c3)NCS4)c2cc1I. The van der Waals surface area contributed by atoms with Crippen molar-refractivity contribution in [3.63, 3.8) is 0 Å². The molecule has 7 heteroatoms. The second kappa shape index (κ2) is 6.04. The lowest BCUT2D eigenvalue weighted by Crippen LogP contribution is -1.98. The van der Waals surface area contributed by atoms with Crippen molar-refractivity contribution in [1.82, 2.24) is 9.97 Å². The van der Waals surface area contributed by atoms with Crippen molar-refractivity contribution in [2.24, 2.45) is 0 Å². The molecule has 0 radical (unpaired) electrons. The summed E-state index contributed by atoms with van der Waals surface area (Å²) in [5.74, 6) is 2.54. The standard InChI is InChI=1S/C16H13IN4OS/c1-22-14-6-12-10(5-11(14)17)16(19-7-18-12)21-9-2-3-15-13(4-9)20-8-23-15/h2-7,20H,8H2,1H3,(H,18,19,21). The fourth-order valence-corrected chi connectivity index (χ4v) is 4.03. The Morgan fingerprint density at radius 2 is 2.17 bits per heavy atom. The summed E-state index contributed by atoms with van der Waals surface area (Å²) in [6.45, 7) is 0. The van der Waals surface area contributed by atoms with Gasteiger partial charge in [0, 0.05) is 22.0 Å². The fraction of sp³-hybridized carbons (Fsp3) is 0.125. The average molecular weight is 436 g/mol. The van der Waals surface area contributed by atoms with Gasteiger partial charge in [-0.25, -0.2) is 9.97 Å². The number of thioether (sulfide) groups is 1. The van der Waals surface area contributed by atoms with Crippen LogP contribution in [0.1, 0.15) is 0 Å². The molecule has 2 N–H and O–H groups in total. The van der Waals surface area contributed by atoms with Crippen molar-refractivity contribution in [3.8, 4) is 5.75 Å². The zero-order valence-electron chi connectivity index (χ0n) is 12.3. The number of methoxy groups -OCH3 is 1. The molecule has 0 saturated carbocycles. The second-order valence-corrected chi connectivity index (χ2v) is 7.21. The molecule has 2 aromatic carbocycles. The normalized spacial score (nSPS) is 12.8. The third-order valence-electron chi connectivity index (χ3n) is 3.64. The monoisotopic (exact) mass is 436 g/mol. The van der Waals surface area contributed by atoms with Crippen molar-refractivity contribution < 1.29 is 4.74 Å². The van der Waals surface area contributed by atoms with E-state index in [0.29, 0.717) is 0 Å². The molecule has 0 atom stereocenters. The van der Waals surface area contributed by atoms with Crippen LogP contribution in [0.15, 0.2) is 41.6 Å². The number of fused-ring (bicyclic) bond motifs is 2. The van der Waals surface area contributed by atoms with Crippen molar-refractivity contribution in [2.75, 3.05) is 23.6 Å². The molecule has 23 heavy (non-hydrogen) atoms. The molecule has 5 nitrogen and oxygen atoms in total. The van der Waals surface area contributed by atoms with E-state index in [0.717, 1.165) is 43.3 Å². The lowest BCUT2D eigenvalue weighted by Gasteiger charge is -2.11. The number of hydrogen-bond acceptors (Lipinski definition) is 6. The Morgan fingerprint density at radius 1 is 1.26 bits per heavy atom. The van der Waals surface area contributed by atoms with Gasteiger partial charge >= 0.3 is 0 Å². The van der Waals surface area contributed by atoms with Gasteiger partial charge in [0.1, 0.15) is 17.9 Å². The number of nitrogens with zero attached hydrogens (tertiary/aromatic N) is 2. The molecule has 3 aromatic rings. The lowest BCUT2D eigenvalue weighted by atomic mass is 10.2. The number of anilines is 3. The maximum absolute atomic E-state index is 5.36. The summed E-state index contributed by atoms with van der Waals surface area (Å²) >= 11 is 4.07. The zero-order chi connectivity index (χ0) is 15.8. The van der Waals surface area contributed by atoms with Crippen molar-refractivity contribution in [3.05, 3.63) is 40.2 Å². The number of rotatable bonds is 3. The largest absolute Gasteiger partial charge is 0.496 e. The molecule has 0 saturated heterocycles. The highest BCUT2D eigenvalue weighted by molar-refractivity contribution is 14.1. The Kier molecular flexibility index (Phi) is 3.90. The van der Waals surface area contributed by atoms with Crippen LogP contribution in [0.5, 0.6) is 5.75 Å². The third kappa shape index (κ3) is 2.78. The molecule has 1 aromatic heterocycles. The molecule has 0 unspecified atom stereocenters. The van der Waals surface area contributed by atoms with E-state index in [4.69, 9.17) is 4.74 Å². The lowest BCUT2D eigenvalue weighted by molar-refractivity contribution is 0.412. The fourth-order valence-electron chi connectivity index (χ4n) is 2.51. The van der Waals surface area contributed by atoms with E-state index in [-0.39, 0.29) is 0 Å². The van der Waals surface area contributed by atoms with E-state index >= 15 is 0 Å². The van der Waals surface area contributed by atoms with Gasteiger partial charge in [0.25, 0.3) is 0 Å². The van der Waals surface area contributed by atoms with E-state index in [1.165, 1.54) is 4.90 Å². The highest BCUT2D eigenvalue weighted by atomic mass is 127.